The third-order valence-corrected chi connectivity index (χ3v) is 6.81. The van der Waals surface area contributed by atoms with Gasteiger partial charge in [0.1, 0.15) is 6.17 Å². The van der Waals surface area contributed by atoms with Crippen molar-refractivity contribution in [2.24, 2.45) is 0 Å². The molecule has 2 nitrogen and oxygen atoms in total. The Morgan fingerprint density at radius 1 is 0.690 bits per heavy atom. The van der Waals surface area contributed by atoms with Crippen LogP contribution in [0.1, 0.15) is 82.9 Å². The largest absolute Gasteiger partial charge is 0.350 e. The minimum atomic E-state index is 0.430. The van der Waals surface area contributed by atoms with Crippen molar-refractivity contribution in [3.8, 4) is 11.1 Å². The van der Waals surface area contributed by atoms with Gasteiger partial charge in [0.25, 0.3) is 0 Å². The van der Waals surface area contributed by atoms with E-state index in [1.165, 1.54) is 99.7 Å². The Morgan fingerprint density at radius 3 is 2.07 bits per heavy atom. The van der Waals surface area contributed by atoms with Crippen LogP contribution >= 0.6 is 0 Å². The van der Waals surface area contributed by atoms with E-state index in [1.54, 1.807) is 0 Å². The Kier molecular flexibility index (Phi) is 7.27. The average molecular weight is 391 g/mol. The summed E-state index contributed by atoms with van der Waals surface area (Å²) in [4.78, 5) is 5.35. The lowest BCUT2D eigenvalue weighted by Gasteiger charge is -2.38. The van der Waals surface area contributed by atoms with Crippen LogP contribution in [0.2, 0.25) is 0 Å². The average Bonchev–Trinajstić information content (AvgIpc) is 3.20. The summed E-state index contributed by atoms with van der Waals surface area (Å²) in [5, 5.41) is 0. The SMILES string of the molecule is CCCCCCCCCCCCN1CCN2c3ccccc3-c3ccccc3C12. The van der Waals surface area contributed by atoms with Crippen LogP contribution in [0.3, 0.4) is 0 Å². The van der Waals surface area contributed by atoms with Gasteiger partial charge in [-0.05, 0) is 23.6 Å². The lowest BCUT2D eigenvalue weighted by Crippen LogP contribution is -2.34. The van der Waals surface area contributed by atoms with E-state index >= 15 is 0 Å². The zero-order chi connectivity index (χ0) is 19.9. The molecule has 4 rings (SSSR count). The molecule has 0 bridgehead atoms. The van der Waals surface area contributed by atoms with Crippen molar-refractivity contribution in [2.75, 3.05) is 24.5 Å². The zero-order valence-electron chi connectivity index (χ0n) is 18.3. The van der Waals surface area contributed by atoms with E-state index in [1.807, 2.05) is 0 Å². The molecule has 0 saturated carbocycles. The maximum Gasteiger partial charge on any atom is 0.109 e. The summed E-state index contributed by atoms with van der Waals surface area (Å²) in [6.45, 7) is 5.86. The van der Waals surface area contributed by atoms with E-state index in [4.69, 9.17) is 0 Å². The molecule has 0 aromatic heterocycles. The zero-order valence-corrected chi connectivity index (χ0v) is 18.3. The van der Waals surface area contributed by atoms with Gasteiger partial charge in [-0.3, -0.25) is 4.90 Å². The summed E-state index contributed by atoms with van der Waals surface area (Å²) in [5.74, 6) is 0. The molecule has 2 heterocycles. The van der Waals surface area contributed by atoms with Crippen LogP contribution in [0.25, 0.3) is 11.1 Å². The van der Waals surface area contributed by atoms with Crippen molar-refractivity contribution < 1.29 is 0 Å². The highest BCUT2D eigenvalue weighted by molar-refractivity contribution is 5.84. The standard InChI is InChI=1S/C27H38N2/c1-2-3-4-5-6-7-8-9-10-15-20-28-21-22-29-26-19-14-13-17-24(26)23-16-11-12-18-25(23)27(28)29/h11-14,16-19,27H,2-10,15,20-22H2,1H3. The van der Waals surface area contributed by atoms with Gasteiger partial charge in [-0.25, -0.2) is 0 Å². The summed E-state index contributed by atoms with van der Waals surface area (Å²) in [6, 6.07) is 18.0. The van der Waals surface area contributed by atoms with Gasteiger partial charge in [0, 0.05) is 30.9 Å². The molecule has 2 aliphatic heterocycles. The highest BCUT2D eigenvalue weighted by Gasteiger charge is 2.38. The van der Waals surface area contributed by atoms with Crippen LogP contribution in [-0.2, 0) is 0 Å². The van der Waals surface area contributed by atoms with Gasteiger partial charge in [0.15, 0.2) is 0 Å². The molecule has 1 fully saturated rings. The lowest BCUT2D eigenvalue weighted by molar-refractivity contribution is 0.251. The summed E-state index contributed by atoms with van der Waals surface area (Å²) >= 11 is 0. The van der Waals surface area contributed by atoms with Crippen molar-refractivity contribution >= 4 is 5.69 Å². The van der Waals surface area contributed by atoms with Crippen molar-refractivity contribution in [1.82, 2.24) is 4.90 Å². The van der Waals surface area contributed by atoms with Gasteiger partial charge >= 0.3 is 0 Å². The van der Waals surface area contributed by atoms with Gasteiger partial charge in [0.2, 0.25) is 0 Å². The second-order valence-electron chi connectivity index (χ2n) is 8.89. The molecule has 1 atom stereocenters. The fourth-order valence-corrected chi connectivity index (χ4v) is 5.25. The minimum Gasteiger partial charge on any atom is -0.350 e. The van der Waals surface area contributed by atoms with E-state index in [2.05, 4.69) is 65.3 Å². The predicted octanol–water partition coefficient (Wildman–Crippen LogP) is 7.41. The molecule has 1 saturated heterocycles. The van der Waals surface area contributed by atoms with Gasteiger partial charge in [0.05, 0.1) is 0 Å². The molecule has 2 aromatic carbocycles. The molecule has 0 radical (unpaired) electrons. The Bertz CT molecular complexity index is 769. The second kappa shape index (κ2) is 10.3. The third-order valence-electron chi connectivity index (χ3n) is 6.81. The third kappa shape index (κ3) is 4.69. The van der Waals surface area contributed by atoms with Crippen LogP contribution in [0, 0.1) is 0 Å². The Hall–Kier alpha value is -1.80. The highest BCUT2D eigenvalue weighted by atomic mass is 15.4. The van der Waals surface area contributed by atoms with E-state index < -0.39 is 0 Å². The van der Waals surface area contributed by atoms with Gasteiger partial charge < -0.3 is 4.90 Å². The number of para-hydroxylation sites is 1. The van der Waals surface area contributed by atoms with E-state index in [0.717, 1.165) is 6.54 Å². The Labute approximate surface area is 177 Å². The quantitative estimate of drug-likeness (QED) is 0.369. The summed E-state index contributed by atoms with van der Waals surface area (Å²) in [5.41, 5.74) is 5.75. The summed E-state index contributed by atoms with van der Waals surface area (Å²) in [7, 11) is 0. The van der Waals surface area contributed by atoms with E-state index in [0.29, 0.717) is 6.17 Å². The van der Waals surface area contributed by atoms with Crippen LogP contribution in [-0.4, -0.2) is 24.5 Å². The van der Waals surface area contributed by atoms with Crippen molar-refractivity contribution in [3.05, 3.63) is 54.1 Å². The molecule has 0 aliphatic carbocycles. The number of anilines is 1. The molecule has 0 amide bonds. The Balaban J connectivity index is 1.27. The molecule has 2 aromatic rings. The molecule has 2 aliphatic rings. The van der Waals surface area contributed by atoms with Crippen molar-refractivity contribution in [2.45, 2.75) is 77.3 Å². The molecule has 1 unspecified atom stereocenters. The molecule has 0 spiro atoms. The minimum absolute atomic E-state index is 0.430. The van der Waals surface area contributed by atoms with Gasteiger partial charge in [-0.1, -0.05) is 107 Å². The first kappa shape index (κ1) is 20.5. The second-order valence-corrected chi connectivity index (χ2v) is 8.89. The number of unbranched alkanes of at least 4 members (excludes halogenated alkanes) is 9. The first-order valence-electron chi connectivity index (χ1n) is 12.1. The lowest BCUT2D eigenvalue weighted by atomic mass is 9.91. The van der Waals surface area contributed by atoms with Crippen molar-refractivity contribution in [1.29, 1.82) is 0 Å². The fraction of sp³-hybridized carbons (Fsp3) is 0.556. The van der Waals surface area contributed by atoms with Gasteiger partial charge in [-0.15, -0.1) is 0 Å². The maximum atomic E-state index is 2.72. The topological polar surface area (TPSA) is 6.48 Å². The van der Waals surface area contributed by atoms with Crippen LogP contribution < -0.4 is 4.90 Å². The number of hydrogen-bond donors (Lipinski definition) is 0. The highest BCUT2D eigenvalue weighted by Crippen LogP contribution is 2.47. The fourth-order valence-electron chi connectivity index (χ4n) is 5.25. The molecule has 29 heavy (non-hydrogen) atoms. The molecule has 156 valence electrons. The molecular formula is C27H38N2. The normalized spacial score (nSPS) is 17.8. The van der Waals surface area contributed by atoms with Gasteiger partial charge in [-0.2, -0.15) is 0 Å². The summed E-state index contributed by atoms with van der Waals surface area (Å²) < 4.78 is 0. The maximum absolute atomic E-state index is 2.72. The molecule has 0 N–H and O–H groups in total. The van der Waals surface area contributed by atoms with Crippen molar-refractivity contribution in [3.63, 3.8) is 0 Å². The first-order chi connectivity index (χ1) is 14.4. The van der Waals surface area contributed by atoms with Crippen LogP contribution in [0.5, 0.6) is 0 Å². The smallest absolute Gasteiger partial charge is 0.109 e. The number of benzene rings is 2. The monoisotopic (exact) mass is 390 g/mol. The molecule has 2 heteroatoms. The Morgan fingerprint density at radius 2 is 1.31 bits per heavy atom. The number of nitrogens with zero attached hydrogens (tertiary/aromatic N) is 2. The summed E-state index contributed by atoms with van der Waals surface area (Å²) in [6.07, 6.45) is 14.5. The van der Waals surface area contributed by atoms with E-state index in [-0.39, 0.29) is 0 Å². The van der Waals surface area contributed by atoms with E-state index in [9.17, 15) is 0 Å². The number of fused-ring (bicyclic) bond motifs is 6. The number of rotatable bonds is 11. The molecular weight excluding hydrogens is 352 g/mol. The first-order valence-corrected chi connectivity index (χ1v) is 12.1. The number of hydrogen-bond acceptors (Lipinski definition) is 2. The van der Waals surface area contributed by atoms with Crippen LogP contribution in [0.4, 0.5) is 5.69 Å². The van der Waals surface area contributed by atoms with Crippen LogP contribution in [0.15, 0.2) is 48.5 Å². The predicted molar refractivity (Wildman–Crippen MR) is 125 cm³/mol.